The summed E-state index contributed by atoms with van der Waals surface area (Å²) in [5.74, 6) is 2.08. The molecule has 0 bridgehead atoms. The van der Waals surface area contributed by atoms with E-state index in [1.807, 2.05) is 31.2 Å². The van der Waals surface area contributed by atoms with Crippen molar-refractivity contribution < 1.29 is 14.6 Å². The van der Waals surface area contributed by atoms with E-state index in [4.69, 9.17) is 14.6 Å². The summed E-state index contributed by atoms with van der Waals surface area (Å²) in [5, 5.41) is 12.0. The third-order valence-electron chi connectivity index (χ3n) is 2.86. The minimum Gasteiger partial charge on any atom is -0.489 e. The smallest absolute Gasteiger partial charge is 0.268 e. The molecule has 1 aromatic heterocycles. The number of aromatic nitrogens is 2. The Labute approximate surface area is 123 Å². The van der Waals surface area contributed by atoms with E-state index in [9.17, 15) is 0 Å². The molecular formula is C15H19N3O3. The summed E-state index contributed by atoms with van der Waals surface area (Å²) in [6.07, 6.45) is 2.05. The van der Waals surface area contributed by atoms with Crippen LogP contribution >= 0.6 is 0 Å². The van der Waals surface area contributed by atoms with E-state index >= 15 is 0 Å². The highest BCUT2D eigenvalue weighted by Crippen LogP contribution is 2.34. The van der Waals surface area contributed by atoms with Crippen LogP contribution in [0, 0.1) is 0 Å². The van der Waals surface area contributed by atoms with Crippen LogP contribution in [0.4, 0.5) is 5.82 Å². The maximum atomic E-state index is 8.90. The highest BCUT2D eigenvalue weighted by atomic mass is 16.5. The van der Waals surface area contributed by atoms with Crippen molar-refractivity contribution in [2.75, 3.05) is 25.6 Å². The van der Waals surface area contributed by atoms with Gasteiger partial charge in [0.05, 0.1) is 7.11 Å². The fraction of sp³-hybridized carbons (Fsp3) is 0.333. The van der Waals surface area contributed by atoms with Crippen molar-refractivity contribution in [1.29, 1.82) is 0 Å². The van der Waals surface area contributed by atoms with Crippen molar-refractivity contribution in [3.05, 3.63) is 36.2 Å². The first-order chi connectivity index (χ1) is 10.3. The average molecular weight is 289 g/mol. The lowest BCUT2D eigenvalue weighted by Crippen LogP contribution is -2.04. The molecule has 0 saturated heterocycles. The van der Waals surface area contributed by atoms with E-state index in [1.165, 1.54) is 6.33 Å². The van der Waals surface area contributed by atoms with Crippen LogP contribution < -0.4 is 14.8 Å². The first-order valence-corrected chi connectivity index (χ1v) is 6.79. The molecule has 0 unspecified atom stereocenters. The van der Waals surface area contributed by atoms with Crippen LogP contribution in [0.5, 0.6) is 17.4 Å². The molecule has 0 spiro atoms. The third-order valence-corrected chi connectivity index (χ3v) is 2.86. The lowest BCUT2D eigenvalue weighted by atomic mass is 10.1. The van der Waals surface area contributed by atoms with Crippen molar-refractivity contribution in [1.82, 2.24) is 9.97 Å². The first kappa shape index (κ1) is 15.1. The van der Waals surface area contributed by atoms with Gasteiger partial charge in [-0.3, -0.25) is 0 Å². The van der Waals surface area contributed by atoms with Crippen LogP contribution in [0.1, 0.15) is 12.5 Å². The second kappa shape index (κ2) is 7.44. The summed E-state index contributed by atoms with van der Waals surface area (Å²) in [5.41, 5.74) is 1.05. The lowest BCUT2D eigenvalue weighted by molar-refractivity contribution is 0.299. The molecule has 0 amide bonds. The Morgan fingerprint density at radius 1 is 1.19 bits per heavy atom. The Hall–Kier alpha value is -2.34. The normalized spacial score (nSPS) is 10.2. The molecule has 2 N–H and O–H groups in total. The van der Waals surface area contributed by atoms with Crippen LogP contribution in [0.25, 0.3) is 0 Å². The van der Waals surface area contributed by atoms with E-state index in [0.29, 0.717) is 29.6 Å². The van der Waals surface area contributed by atoms with Crippen LogP contribution in [0.2, 0.25) is 0 Å². The molecule has 0 aliphatic carbocycles. The van der Waals surface area contributed by atoms with Gasteiger partial charge in [0, 0.05) is 13.2 Å². The van der Waals surface area contributed by atoms with Gasteiger partial charge in [0.2, 0.25) is 5.75 Å². The number of methoxy groups -OCH3 is 1. The van der Waals surface area contributed by atoms with Gasteiger partial charge in [-0.15, -0.1) is 0 Å². The SMILES string of the molecule is CCNc1ncnc(Oc2ccc(CCO)cc2)c1OC. The van der Waals surface area contributed by atoms with Gasteiger partial charge in [0.15, 0.2) is 5.82 Å². The summed E-state index contributed by atoms with van der Waals surface area (Å²) in [6.45, 7) is 2.83. The molecule has 6 heteroatoms. The molecule has 0 atom stereocenters. The predicted octanol–water partition coefficient (Wildman–Crippen LogP) is 2.24. The average Bonchev–Trinajstić information content (AvgIpc) is 2.50. The Balaban J connectivity index is 2.20. The van der Waals surface area contributed by atoms with Crippen molar-refractivity contribution in [2.45, 2.75) is 13.3 Å². The zero-order valence-electron chi connectivity index (χ0n) is 12.2. The standard InChI is InChI=1S/C15H19N3O3/c1-3-16-14-13(20-2)15(18-10-17-14)21-12-6-4-11(5-7-12)8-9-19/h4-7,10,19H,3,8-9H2,1-2H3,(H,16,17,18). The van der Waals surface area contributed by atoms with Gasteiger partial charge in [-0.1, -0.05) is 12.1 Å². The van der Waals surface area contributed by atoms with Crippen molar-refractivity contribution in [2.24, 2.45) is 0 Å². The predicted molar refractivity (Wildman–Crippen MR) is 80.1 cm³/mol. The number of benzene rings is 1. The fourth-order valence-corrected chi connectivity index (χ4v) is 1.87. The highest BCUT2D eigenvalue weighted by Gasteiger charge is 2.13. The van der Waals surface area contributed by atoms with Gasteiger partial charge in [0.1, 0.15) is 12.1 Å². The summed E-state index contributed by atoms with van der Waals surface area (Å²) in [7, 11) is 1.55. The summed E-state index contributed by atoms with van der Waals surface area (Å²) in [6, 6.07) is 7.48. The zero-order valence-corrected chi connectivity index (χ0v) is 12.2. The first-order valence-electron chi connectivity index (χ1n) is 6.79. The van der Waals surface area contributed by atoms with Crippen molar-refractivity contribution in [3.8, 4) is 17.4 Å². The fourth-order valence-electron chi connectivity index (χ4n) is 1.87. The maximum Gasteiger partial charge on any atom is 0.268 e. The van der Waals surface area contributed by atoms with Crippen LogP contribution in [0.15, 0.2) is 30.6 Å². The molecule has 21 heavy (non-hydrogen) atoms. The van der Waals surface area contributed by atoms with Crippen LogP contribution in [-0.4, -0.2) is 35.3 Å². The Morgan fingerprint density at radius 3 is 2.57 bits per heavy atom. The van der Waals surface area contributed by atoms with E-state index in [1.54, 1.807) is 7.11 Å². The summed E-state index contributed by atoms with van der Waals surface area (Å²) in [4.78, 5) is 8.23. The van der Waals surface area contributed by atoms with Crippen molar-refractivity contribution in [3.63, 3.8) is 0 Å². The second-order valence-corrected chi connectivity index (χ2v) is 4.31. The molecule has 2 aromatic rings. The van der Waals surface area contributed by atoms with Crippen molar-refractivity contribution >= 4 is 5.82 Å². The molecule has 0 aliphatic rings. The Morgan fingerprint density at radius 2 is 1.95 bits per heavy atom. The molecule has 1 aromatic carbocycles. The number of aliphatic hydroxyl groups excluding tert-OH is 1. The molecule has 2 rings (SSSR count). The molecular weight excluding hydrogens is 270 g/mol. The number of hydrogen-bond acceptors (Lipinski definition) is 6. The number of hydrogen-bond donors (Lipinski definition) is 2. The van der Waals surface area contributed by atoms with Gasteiger partial charge in [0.25, 0.3) is 5.88 Å². The highest BCUT2D eigenvalue weighted by molar-refractivity contribution is 5.55. The Bertz CT molecular complexity index is 573. The number of aliphatic hydroxyl groups is 1. The van der Waals surface area contributed by atoms with E-state index in [2.05, 4.69) is 15.3 Å². The van der Waals surface area contributed by atoms with E-state index < -0.39 is 0 Å². The molecule has 112 valence electrons. The van der Waals surface area contributed by atoms with Gasteiger partial charge in [-0.25, -0.2) is 4.98 Å². The number of anilines is 1. The number of ether oxygens (including phenoxy) is 2. The summed E-state index contributed by atoms with van der Waals surface area (Å²) >= 11 is 0. The molecule has 0 radical (unpaired) electrons. The van der Waals surface area contributed by atoms with Gasteiger partial charge < -0.3 is 19.9 Å². The topological polar surface area (TPSA) is 76.5 Å². The van der Waals surface area contributed by atoms with Crippen LogP contribution in [-0.2, 0) is 6.42 Å². The quantitative estimate of drug-likeness (QED) is 0.814. The number of nitrogens with zero attached hydrogens (tertiary/aromatic N) is 2. The number of nitrogens with one attached hydrogen (secondary N) is 1. The van der Waals surface area contributed by atoms with Gasteiger partial charge >= 0.3 is 0 Å². The van der Waals surface area contributed by atoms with Gasteiger partial charge in [-0.05, 0) is 31.0 Å². The largest absolute Gasteiger partial charge is 0.489 e. The van der Waals surface area contributed by atoms with E-state index in [0.717, 1.165) is 12.1 Å². The summed E-state index contributed by atoms with van der Waals surface area (Å²) < 4.78 is 11.1. The minimum absolute atomic E-state index is 0.131. The molecule has 6 nitrogen and oxygen atoms in total. The molecule has 0 aliphatic heterocycles. The second-order valence-electron chi connectivity index (χ2n) is 4.31. The lowest BCUT2D eigenvalue weighted by Gasteiger charge is -2.12. The van der Waals surface area contributed by atoms with E-state index in [-0.39, 0.29) is 6.61 Å². The molecule has 1 heterocycles. The third kappa shape index (κ3) is 3.82. The monoisotopic (exact) mass is 289 g/mol. The zero-order chi connectivity index (χ0) is 15.1. The Kier molecular flexibility index (Phi) is 5.34. The maximum absolute atomic E-state index is 8.90. The minimum atomic E-state index is 0.131. The molecule has 0 saturated carbocycles. The number of rotatable bonds is 7. The van der Waals surface area contributed by atoms with Gasteiger partial charge in [-0.2, -0.15) is 4.98 Å². The van der Waals surface area contributed by atoms with Crippen LogP contribution in [0.3, 0.4) is 0 Å². The molecule has 0 fully saturated rings.